The summed E-state index contributed by atoms with van der Waals surface area (Å²) in [6.45, 7) is 6.81. The highest BCUT2D eigenvalue weighted by atomic mass is 31.2. The van der Waals surface area contributed by atoms with E-state index in [1.807, 2.05) is 0 Å². The average Bonchev–Trinajstić information content (AvgIpc) is 2.83. The summed E-state index contributed by atoms with van der Waals surface area (Å²) in [5.41, 5.74) is -0.194. The summed E-state index contributed by atoms with van der Waals surface area (Å²) in [6.07, 6.45) is 2.90. The van der Waals surface area contributed by atoms with Crippen LogP contribution in [0.2, 0.25) is 0 Å². The minimum atomic E-state index is -2.30. The van der Waals surface area contributed by atoms with E-state index >= 15 is 0 Å². The molecular formula is C17H24FN2O3P. The zero-order valence-corrected chi connectivity index (χ0v) is 15.3. The second kappa shape index (κ2) is 6.40. The molecule has 0 aromatic heterocycles. The van der Waals surface area contributed by atoms with Crippen molar-refractivity contribution >= 4 is 13.0 Å². The van der Waals surface area contributed by atoms with Gasteiger partial charge in [0.05, 0.1) is 25.5 Å². The number of nitrogens with zero attached hydrogens (tertiary/aromatic N) is 2. The van der Waals surface area contributed by atoms with Crippen molar-refractivity contribution in [3.8, 4) is 5.75 Å². The molecule has 1 aromatic carbocycles. The largest absolute Gasteiger partial charge is 0.493 e. The summed E-state index contributed by atoms with van der Waals surface area (Å²) in [4.78, 5) is 7.94. The molecule has 0 fully saturated rings. The molecule has 132 valence electrons. The van der Waals surface area contributed by atoms with Gasteiger partial charge in [0, 0.05) is 13.0 Å². The molecule has 0 N–H and O–H groups in total. The minimum absolute atomic E-state index is 0.331. The van der Waals surface area contributed by atoms with E-state index in [0.717, 1.165) is 19.4 Å². The van der Waals surface area contributed by atoms with Gasteiger partial charge in [0.2, 0.25) is 5.72 Å². The number of halogens is 1. The van der Waals surface area contributed by atoms with Gasteiger partial charge in [-0.05, 0) is 37.9 Å². The number of hydrogen-bond donors (Lipinski definition) is 0. The normalized spacial score (nSPS) is 22.8. The Morgan fingerprint density at radius 1 is 1.42 bits per heavy atom. The van der Waals surface area contributed by atoms with Gasteiger partial charge in [-0.3, -0.25) is 0 Å². The predicted molar refractivity (Wildman–Crippen MR) is 92.6 cm³/mol. The first kappa shape index (κ1) is 17.3. The van der Waals surface area contributed by atoms with E-state index in [4.69, 9.17) is 9.57 Å². The van der Waals surface area contributed by atoms with E-state index in [9.17, 15) is 8.96 Å². The van der Waals surface area contributed by atoms with Crippen molar-refractivity contribution < 1.29 is 18.5 Å². The zero-order chi connectivity index (χ0) is 17.4. The van der Waals surface area contributed by atoms with Gasteiger partial charge >= 0.3 is 0 Å². The van der Waals surface area contributed by atoms with E-state index in [1.165, 1.54) is 12.1 Å². The molecule has 1 aromatic rings. The Kier molecular flexibility index (Phi) is 4.60. The third kappa shape index (κ3) is 3.16. The van der Waals surface area contributed by atoms with Gasteiger partial charge in [0.1, 0.15) is 11.6 Å². The third-order valence-electron chi connectivity index (χ3n) is 4.37. The van der Waals surface area contributed by atoms with Gasteiger partial charge in [-0.25, -0.2) is 4.39 Å². The summed E-state index contributed by atoms with van der Waals surface area (Å²) in [7, 11) is -2.30. The van der Waals surface area contributed by atoms with Crippen molar-refractivity contribution in [3.05, 3.63) is 29.6 Å². The van der Waals surface area contributed by atoms with Crippen LogP contribution in [-0.4, -0.2) is 43.4 Å². The minimum Gasteiger partial charge on any atom is -0.493 e. The Morgan fingerprint density at radius 3 is 2.92 bits per heavy atom. The van der Waals surface area contributed by atoms with Crippen LogP contribution in [0.15, 0.2) is 23.4 Å². The summed E-state index contributed by atoms with van der Waals surface area (Å²) < 4.78 is 31.9. The molecule has 5 nitrogen and oxygen atoms in total. The molecule has 2 heterocycles. The fourth-order valence-electron chi connectivity index (χ4n) is 3.26. The molecule has 2 aliphatic heterocycles. The number of rotatable bonds is 5. The molecule has 24 heavy (non-hydrogen) atoms. The Balaban J connectivity index is 2.01. The lowest BCUT2D eigenvalue weighted by Crippen LogP contribution is -2.50. The van der Waals surface area contributed by atoms with Gasteiger partial charge in [-0.2, -0.15) is 0 Å². The van der Waals surface area contributed by atoms with E-state index < -0.39 is 12.9 Å². The smallest absolute Gasteiger partial charge is 0.244 e. The van der Waals surface area contributed by atoms with Crippen LogP contribution in [-0.2, 0) is 15.1 Å². The number of unbranched alkanes of at least 4 members (excludes halogenated alkanes) is 1. The molecule has 2 aliphatic rings. The first-order chi connectivity index (χ1) is 11.4. The Bertz CT molecular complexity index is 703. The van der Waals surface area contributed by atoms with Crippen LogP contribution in [0.5, 0.6) is 5.75 Å². The van der Waals surface area contributed by atoms with Gasteiger partial charge in [-0.15, -0.1) is 0 Å². The molecular weight excluding hydrogens is 330 g/mol. The maximum absolute atomic E-state index is 13.9. The van der Waals surface area contributed by atoms with Crippen molar-refractivity contribution in [2.75, 3.05) is 32.6 Å². The highest BCUT2D eigenvalue weighted by molar-refractivity contribution is 7.63. The second-order valence-electron chi connectivity index (χ2n) is 6.86. The highest BCUT2D eigenvalue weighted by Crippen LogP contribution is 2.48. The SMILES string of the molecule is CCCCN1C(CP(C)(C)=O)=NOC12CCOc1ccc(F)cc12. The topological polar surface area (TPSA) is 51.1 Å². The first-order valence-corrected chi connectivity index (χ1v) is 11.1. The van der Waals surface area contributed by atoms with Gasteiger partial charge in [0.15, 0.2) is 5.84 Å². The van der Waals surface area contributed by atoms with Crippen LogP contribution >= 0.6 is 7.14 Å². The van der Waals surface area contributed by atoms with Crippen molar-refractivity contribution in [1.82, 2.24) is 4.90 Å². The molecule has 0 amide bonds. The van der Waals surface area contributed by atoms with Gasteiger partial charge in [-0.1, -0.05) is 18.5 Å². The number of ether oxygens (including phenoxy) is 1. The maximum atomic E-state index is 13.9. The fourth-order valence-corrected chi connectivity index (χ4v) is 4.17. The summed E-state index contributed by atoms with van der Waals surface area (Å²) in [5, 5.41) is 4.25. The van der Waals surface area contributed by atoms with Gasteiger partial charge in [0.25, 0.3) is 0 Å². The Hall–Kier alpha value is -1.55. The van der Waals surface area contributed by atoms with Crippen molar-refractivity contribution in [2.24, 2.45) is 5.16 Å². The number of oxime groups is 1. The molecule has 0 saturated heterocycles. The van der Waals surface area contributed by atoms with Gasteiger partial charge < -0.3 is 19.0 Å². The summed E-state index contributed by atoms with van der Waals surface area (Å²) >= 11 is 0. The van der Waals surface area contributed by atoms with E-state index in [1.54, 1.807) is 19.4 Å². The van der Waals surface area contributed by atoms with Crippen LogP contribution in [0, 0.1) is 5.82 Å². The molecule has 1 unspecified atom stereocenters. The summed E-state index contributed by atoms with van der Waals surface area (Å²) in [5.74, 6) is 0.980. The molecule has 0 aliphatic carbocycles. The van der Waals surface area contributed by atoms with Crippen LogP contribution < -0.4 is 4.74 Å². The van der Waals surface area contributed by atoms with E-state index in [2.05, 4.69) is 17.0 Å². The lowest BCUT2D eigenvalue weighted by molar-refractivity contribution is -0.127. The predicted octanol–water partition coefficient (Wildman–Crippen LogP) is 3.83. The molecule has 0 radical (unpaired) electrons. The maximum Gasteiger partial charge on any atom is 0.244 e. The first-order valence-electron chi connectivity index (χ1n) is 8.35. The standard InChI is InChI=1S/C17H24FN2O3P/c1-4-5-9-20-16(12-24(2,3)21)19-23-17(20)8-10-22-15-7-6-13(18)11-14(15)17/h6-7,11H,4-5,8-10,12H2,1-3H3. The lowest BCUT2D eigenvalue weighted by atomic mass is 9.94. The van der Waals surface area contributed by atoms with Crippen molar-refractivity contribution in [2.45, 2.75) is 31.9 Å². The quantitative estimate of drug-likeness (QED) is 0.754. The van der Waals surface area contributed by atoms with Crippen LogP contribution in [0.25, 0.3) is 0 Å². The molecule has 1 atom stereocenters. The Labute approximate surface area is 142 Å². The monoisotopic (exact) mass is 354 g/mol. The number of fused-ring (bicyclic) bond motifs is 2. The highest BCUT2D eigenvalue weighted by Gasteiger charge is 2.51. The fraction of sp³-hybridized carbons (Fsp3) is 0.588. The van der Waals surface area contributed by atoms with E-state index in [0.29, 0.717) is 36.3 Å². The van der Waals surface area contributed by atoms with Crippen molar-refractivity contribution in [3.63, 3.8) is 0 Å². The van der Waals surface area contributed by atoms with Crippen LogP contribution in [0.4, 0.5) is 4.39 Å². The number of amidine groups is 1. The Morgan fingerprint density at radius 2 is 2.21 bits per heavy atom. The average molecular weight is 354 g/mol. The van der Waals surface area contributed by atoms with E-state index in [-0.39, 0.29) is 5.82 Å². The van der Waals surface area contributed by atoms with Crippen LogP contribution in [0.1, 0.15) is 31.7 Å². The lowest BCUT2D eigenvalue weighted by Gasteiger charge is -2.41. The number of benzene rings is 1. The molecule has 0 bridgehead atoms. The number of hydrogen-bond acceptors (Lipinski definition) is 5. The second-order valence-corrected chi connectivity index (χ2v) is 10.3. The molecule has 7 heteroatoms. The third-order valence-corrected chi connectivity index (χ3v) is 5.41. The zero-order valence-electron chi connectivity index (χ0n) is 14.4. The van der Waals surface area contributed by atoms with Crippen molar-refractivity contribution in [1.29, 1.82) is 0 Å². The summed E-state index contributed by atoms with van der Waals surface area (Å²) in [6, 6.07) is 4.48. The molecule has 1 spiro atoms. The molecule has 3 rings (SSSR count). The molecule has 0 saturated carbocycles. The van der Waals surface area contributed by atoms with Crippen LogP contribution in [0.3, 0.4) is 0 Å².